The van der Waals surface area contributed by atoms with Crippen molar-refractivity contribution in [3.8, 4) is 5.75 Å². The van der Waals surface area contributed by atoms with Crippen LogP contribution in [-0.2, 0) is 4.79 Å². The number of hydrogen-bond acceptors (Lipinski definition) is 3. The zero-order valence-electron chi connectivity index (χ0n) is 15.2. The van der Waals surface area contributed by atoms with Crippen molar-refractivity contribution in [2.24, 2.45) is 0 Å². The van der Waals surface area contributed by atoms with Gasteiger partial charge in [0.15, 0.2) is 0 Å². The first kappa shape index (κ1) is 19.0. The number of likely N-dealkylation sites (tertiary alicyclic amines) is 1. The van der Waals surface area contributed by atoms with Gasteiger partial charge in [-0.15, -0.1) is 0 Å². The molecule has 1 saturated heterocycles. The summed E-state index contributed by atoms with van der Waals surface area (Å²) < 4.78 is 5.19. The molecule has 0 aliphatic carbocycles. The van der Waals surface area contributed by atoms with Gasteiger partial charge in [-0.2, -0.15) is 0 Å². The number of rotatable bonds is 4. The number of nitrogens with zero attached hydrogens (tertiary/aromatic N) is 1. The second-order valence-electron chi connectivity index (χ2n) is 6.51. The highest BCUT2D eigenvalue weighted by Crippen LogP contribution is 2.29. The summed E-state index contributed by atoms with van der Waals surface area (Å²) in [5.41, 5.74) is 1.49. The summed E-state index contributed by atoms with van der Waals surface area (Å²) in [4.78, 5) is 26.9. The van der Waals surface area contributed by atoms with Crippen molar-refractivity contribution in [2.75, 3.05) is 26.0 Å². The second kappa shape index (κ2) is 8.31. The van der Waals surface area contributed by atoms with Gasteiger partial charge in [-0.25, -0.2) is 4.79 Å². The number of methoxy groups -OCH3 is 1. The van der Waals surface area contributed by atoms with Gasteiger partial charge in [0.05, 0.1) is 13.0 Å². The van der Waals surface area contributed by atoms with Crippen LogP contribution in [-0.4, -0.2) is 43.6 Å². The maximum Gasteiger partial charge on any atom is 0.319 e. The van der Waals surface area contributed by atoms with Crippen molar-refractivity contribution in [2.45, 2.75) is 18.4 Å². The molecule has 1 heterocycles. The Morgan fingerprint density at radius 1 is 1.15 bits per heavy atom. The van der Waals surface area contributed by atoms with Crippen LogP contribution in [0.25, 0.3) is 0 Å². The van der Waals surface area contributed by atoms with Crippen LogP contribution in [0.1, 0.15) is 17.9 Å². The van der Waals surface area contributed by atoms with Crippen LogP contribution in [0.5, 0.6) is 5.75 Å². The fraction of sp³-hybridized carbons (Fsp3) is 0.300. The van der Waals surface area contributed by atoms with E-state index >= 15 is 0 Å². The van der Waals surface area contributed by atoms with Crippen molar-refractivity contribution in [1.29, 1.82) is 0 Å². The molecule has 0 saturated carbocycles. The van der Waals surface area contributed by atoms with E-state index < -0.39 is 5.92 Å². The molecule has 7 heteroatoms. The number of hydrogen-bond donors (Lipinski definition) is 2. The van der Waals surface area contributed by atoms with E-state index in [4.69, 9.17) is 16.3 Å². The molecule has 142 valence electrons. The Kier molecular flexibility index (Phi) is 5.86. The van der Waals surface area contributed by atoms with Gasteiger partial charge >= 0.3 is 6.03 Å². The van der Waals surface area contributed by atoms with Gasteiger partial charge in [-0.3, -0.25) is 4.79 Å². The Morgan fingerprint density at radius 3 is 2.44 bits per heavy atom. The fourth-order valence-electron chi connectivity index (χ4n) is 3.23. The number of urea groups is 1. The third-order valence-electron chi connectivity index (χ3n) is 4.71. The van der Waals surface area contributed by atoms with Gasteiger partial charge in [-0.1, -0.05) is 23.7 Å². The number of carbonyl (C=O) groups is 2. The number of ether oxygens (including phenoxy) is 1. The van der Waals surface area contributed by atoms with Crippen molar-refractivity contribution in [1.82, 2.24) is 10.2 Å². The average molecular weight is 388 g/mol. The molecule has 0 bridgehead atoms. The second-order valence-corrected chi connectivity index (χ2v) is 6.95. The number of piperidine rings is 1. The van der Waals surface area contributed by atoms with E-state index in [9.17, 15) is 9.59 Å². The molecular weight excluding hydrogens is 366 g/mol. The van der Waals surface area contributed by atoms with Crippen LogP contribution in [0.3, 0.4) is 0 Å². The minimum atomic E-state index is -0.439. The number of anilines is 1. The van der Waals surface area contributed by atoms with E-state index in [-0.39, 0.29) is 18.0 Å². The highest BCUT2D eigenvalue weighted by Gasteiger charge is 2.37. The van der Waals surface area contributed by atoms with Crippen molar-refractivity contribution in [3.63, 3.8) is 0 Å². The lowest BCUT2D eigenvalue weighted by Gasteiger charge is -2.36. The predicted molar refractivity (Wildman–Crippen MR) is 105 cm³/mol. The summed E-state index contributed by atoms with van der Waals surface area (Å²) in [5.74, 6) is 0.272. The first-order valence-corrected chi connectivity index (χ1v) is 9.07. The predicted octanol–water partition coefficient (Wildman–Crippen LogP) is 3.48. The molecule has 3 rings (SSSR count). The van der Waals surface area contributed by atoms with E-state index in [0.717, 1.165) is 11.3 Å². The number of benzene rings is 2. The molecule has 3 amide bonds. The molecule has 0 spiro atoms. The quantitative estimate of drug-likeness (QED) is 0.843. The highest BCUT2D eigenvalue weighted by molar-refractivity contribution is 6.30. The first-order valence-electron chi connectivity index (χ1n) is 8.70. The van der Waals surface area contributed by atoms with E-state index in [1.807, 2.05) is 24.3 Å². The summed E-state index contributed by atoms with van der Waals surface area (Å²) in [5, 5.41) is 6.33. The summed E-state index contributed by atoms with van der Waals surface area (Å²) in [6.45, 7) is 0.595. The molecule has 27 heavy (non-hydrogen) atoms. The third kappa shape index (κ3) is 4.52. The number of amides is 3. The van der Waals surface area contributed by atoms with Gasteiger partial charge in [0.2, 0.25) is 5.91 Å². The number of halogens is 1. The summed E-state index contributed by atoms with van der Waals surface area (Å²) in [7, 11) is 3.38. The lowest BCUT2D eigenvalue weighted by Crippen LogP contribution is -2.52. The maximum atomic E-state index is 12.8. The topological polar surface area (TPSA) is 70.7 Å². The monoisotopic (exact) mass is 387 g/mol. The third-order valence-corrected chi connectivity index (χ3v) is 4.97. The van der Waals surface area contributed by atoms with Crippen LogP contribution in [0.4, 0.5) is 10.5 Å². The zero-order valence-corrected chi connectivity index (χ0v) is 16.0. The molecule has 1 aliphatic rings. The van der Waals surface area contributed by atoms with Crippen LogP contribution in [0.2, 0.25) is 5.02 Å². The van der Waals surface area contributed by atoms with Gasteiger partial charge in [0, 0.05) is 30.3 Å². The number of likely N-dealkylation sites (N-methyl/N-ethyl adjacent to an activating group) is 1. The van der Waals surface area contributed by atoms with E-state index in [1.54, 1.807) is 43.3 Å². The van der Waals surface area contributed by atoms with E-state index in [2.05, 4.69) is 10.6 Å². The molecule has 2 N–H and O–H groups in total. The van der Waals surface area contributed by atoms with Crippen LogP contribution < -0.4 is 15.4 Å². The maximum absolute atomic E-state index is 12.8. The molecule has 6 nitrogen and oxygen atoms in total. The van der Waals surface area contributed by atoms with Crippen LogP contribution in [0, 0.1) is 0 Å². The van der Waals surface area contributed by atoms with Crippen molar-refractivity contribution in [3.05, 3.63) is 59.1 Å². The van der Waals surface area contributed by atoms with Gasteiger partial charge < -0.3 is 20.3 Å². The SMILES string of the molecule is COc1ccc([C@@H]2C(=O)N(C)CC[C@H]2NC(=O)Nc2ccc(Cl)cc2)cc1. The molecular formula is C20H22ClN3O3. The number of carbonyl (C=O) groups excluding carboxylic acids is 2. The largest absolute Gasteiger partial charge is 0.497 e. The van der Waals surface area contributed by atoms with Crippen LogP contribution in [0.15, 0.2) is 48.5 Å². The van der Waals surface area contributed by atoms with Gasteiger partial charge in [0.1, 0.15) is 5.75 Å². The molecule has 0 unspecified atom stereocenters. The Morgan fingerprint density at radius 2 is 1.81 bits per heavy atom. The van der Waals surface area contributed by atoms with Gasteiger partial charge in [-0.05, 0) is 48.4 Å². The minimum absolute atomic E-state index is 0.0109. The lowest BCUT2D eigenvalue weighted by molar-refractivity contribution is -0.134. The summed E-state index contributed by atoms with van der Waals surface area (Å²) in [6, 6.07) is 13.6. The summed E-state index contributed by atoms with van der Waals surface area (Å²) in [6.07, 6.45) is 0.674. The van der Waals surface area contributed by atoms with Crippen molar-refractivity contribution >= 4 is 29.2 Å². The Hall–Kier alpha value is -2.73. The van der Waals surface area contributed by atoms with Crippen LogP contribution >= 0.6 is 11.6 Å². The molecule has 0 aromatic heterocycles. The smallest absolute Gasteiger partial charge is 0.319 e. The molecule has 1 aliphatic heterocycles. The zero-order chi connectivity index (χ0) is 19.4. The van der Waals surface area contributed by atoms with Crippen molar-refractivity contribution < 1.29 is 14.3 Å². The molecule has 0 radical (unpaired) electrons. The molecule has 1 fully saturated rings. The molecule has 2 aromatic carbocycles. The highest BCUT2D eigenvalue weighted by atomic mass is 35.5. The standard InChI is InChI=1S/C20H22ClN3O3/c1-24-12-11-17(23-20(26)22-15-7-5-14(21)6-8-15)18(19(24)25)13-3-9-16(27-2)10-4-13/h3-10,17-18H,11-12H2,1-2H3,(H2,22,23,26)/t17-,18+/m1/s1. The first-order chi connectivity index (χ1) is 13.0. The Bertz CT molecular complexity index is 808. The van der Waals surface area contributed by atoms with Gasteiger partial charge in [0.25, 0.3) is 0 Å². The molecule has 2 atom stereocenters. The normalized spacial score (nSPS) is 19.5. The lowest BCUT2D eigenvalue weighted by atomic mass is 9.85. The molecule has 2 aromatic rings. The average Bonchev–Trinajstić information content (AvgIpc) is 2.67. The number of nitrogens with one attached hydrogen (secondary N) is 2. The minimum Gasteiger partial charge on any atom is -0.497 e. The fourth-order valence-corrected chi connectivity index (χ4v) is 3.36. The van der Waals surface area contributed by atoms with E-state index in [0.29, 0.717) is 23.7 Å². The van der Waals surface area contributed by atoms with E-state index in [1.165, 1.54) is 0 Å². The summed E-state index contributed by atoms with van der Waals surface area (Å²) >= 11 is 5.86. The Balaban J connectivity index is 1.75. The Labute approximate surface area is 163 Å².